The number of benzene rings is 1. The van der Waals surface area contributed by atoms with Gasteiger partial charge in [0.1, 0.15) is 0 Å². The number of thiophene rings is 1. The minimum absolute atomic E-state index is 0.0672. The van der Waals surface area contributed by atoms with Gasteiger partial charge in [0.15, 0.2) is 0 Å². The molecule has 0 aliphatic rings. The zero-order valence-electron chi connectivity index (χ0n) is 10.5. The normalized spacial score (nSPS) is 12.4. The molecule has 1 atom stereocenters. The molecule has 20 heavy (non-hydrogen) atoms. The highest BCUT2D eigenvalue weighted by Gasteiger charge is 2.15. The Balaban J connectivity index is 1.83. The molecule has 1 aromatic carbocycles. The van der Waals surface area contributed by atoms with E-state index in [0.717, 1.165) is 15.1 Å². The summed E-state index contributed by atoms with van der Waals surface area (Å²) >= 11 is 1.44. The van der Waals surface area contributed by atoms with E-state index < -0.39 is 11.9 Å². The van der Waals surface area contributed by atoms with Gasteiger partial charge >= 0.3 is 5.76 Å². The van der Waals surface area contributed by atoms with E-state index in [0.29, 0.717) is 0 Å². The average molecular weight is 288 g/mol. The number of hydrogen-bond donors (Lipinski definition) is 1. The molecule has 0 saturated heterocycles. The van der Waals surface area contributed by atoms with Crippen molar-refractivity contribution in [3.8, 4) is 10.8 Å². The second kappa shape index (κ2) is 5.44. The lowest BCUT2D eigenvalue weighted by molar-refractivity contribution is 0.148. The standard InChI is InChI=1S/C14H12N2O3S/c17-11(10-5-2-1-3-6-10)9-16-14(18)19-13(15-16)12-7-4-8-20-12/h1-8,11,17H,9H2/t11-/m0/s1. The van der Waals surface area contributed by atoms with Gasteiger partial charge in [-0.1, -0.05) is 36.4 Å². The summed E-state index contributed by atoms with van der Waals surface area (Å²) in [6, 6.07) is 12.8. The van der Waals surface area contributed by atoms with Gasteiger partial charge in [0.25, 0.3) is 5.89 Å². The van der Waals surface area contributed by atoms with Crippen LogP contribution in [0.3, 0.4) is 0 Å². The largest absolute Gasteiger partial charge is 0.437 e. The average Bonchev–Trinajstić information content (AvgIpc) is 3.10. The van der Waals surface area contributed by atoms with Crippen molar-refractivity contribution in [2.75, 3.05) is 0 Å². The highest BCUT2D eigenvalue weighted by molar-refractivity contribution is 7.13. The summed E-state index contributed by atoms with van der Waals surface area (Å²) in [6.07, 6.45) is -0.796. The number of hydrogen-bond acceptors (Lipinski definition) is 5. The maximum Gasteiger partial charge on any atom is 0.437 e. The lowest BCUT2D eigenvalue weighted by Gasteiger charge is -2.09. The van der Waals surface area contributed by atoms with Crippen molar-refractivity contribution in [1.82, 2.24) is 9.78 Å². The molecular weight excluding hydrogens is 276 g/mol. The van der Waals surface area contributed by atoms with Crippen LogP contribution in [0.25, 0.3) is 10.8 Å². The summed E-state index contributed by atoms with van der Waals surface area (Å²) in [7, 11) is 0. The zero-order valence-corrected chi connectivity index (χ0v) is 11.3. The summed E-state index contributed by atoms with van der Waals surface area (Å²) in [5.41, 5.74) is 0.736. The molecule has 2 heterocycles. The van der Waals surface area contributed by atoms with Gasteiger partial charge in [-0.2, -0.15) is 4.68 Å². The molecule has 0 fully saturated rings. The van der Waals surface area contributed by atoms with Crippen molar-refractivity contribution in [3.63, 3.8) is 0 Å². The molecule has 0 aliphatic carbocycles. The monoisotopic (exact) mass is 288 g/mol. The summed E-state index contributed by atoms with van der Waals surface area (Å²) in [5.74, 6) is -0.284. The molecule has 0 aliphatic heterocycles. The van der Waals surface area contributed by atoms with Crippen molar-refractivity contribution < 1.29 is 9.52 Å². The van der Waals surface area contributed by atoms with Gasteiger partial charge in [0.05, 0.1) is 17.5 Å². The fourth-order valence-electron chi connectivity index (χ4n) is 1.87. The Morgan fingerprint density at radius 2 is 2.05 bits per heavy atom. The summed E-state index contributed by atoms with van der Waals surface area (Å²) in [5, 5.41) is 16.1. The molecule has 3 rings (SSSR count). The van der Waals surface area contributed by atoms with Crippen LogP contribution in [0.15, 0.2) is 57.1 Å². The van der Waals surface area contributed by atoms with E-state index in [1.165, 1.54) is 11.3 Å². The van der Waals surface area contributed by atoms with Crippen LogP contribution < -0.4 is 5.76 Å². The van der Waals surface area contributed by atoms with Crippen molar-refractivity contribution in [2.45, 2.75) is 12.6 Å². The first-order valence-electron chi connectivity index (χ1n) is 6.09. The Bertz CT molecular complexity index is 731. The quantitative estimate of drug-likeness (QED) is 0.800. The molecule has 6 heteroatoms. The third-order valence-corrected chi connectivity index (χ3v) is 3.73. The van der Waals surface area contributed by atoms with E-state index in [1.54, 1.807) is 12.1 Å². The summed E-state index contributed by atoms with van der Waals surface area (Å²) < 4.78 is 6.24. The predicted octanol–water partition coefficient (Wildman–Crippen LogP) is 2.30. The van der Waals surface area contributed by atoms with Gasteiger partial charge in [-0.25, -0.2) is 4.79 Å². The molecule has 0 spiro atoms. The lowest BCUT2D eigenvalue weighted by Crippen LogP contribution is -2.20. The Kier molecular flexibility index (Phi) is 3.49. The van der Waals surface area contributed by atoms with Crippen LogP contribution >= 0.6 is 11.3 Å². The third-order valence-electron chi connectivity index (χ3n) is 2.87. The Morgan fingerprint density at radius 3 is 2.75 bits per heavy atom. The number of nitrogens with zero attached hydrogens (tertiary/aromatic N) is 2. The van der Waals surface area contributed by atoms with E-state index in [1.807, 2.05) is 35.7 Å². The molecule has 0 radical (unpaired) electrons. The second-order valence-corrected chi connectivity index (χ2v) is 5.21. The molecule has 0 saturated carbocycles. The lowest BCUT2D eigenvalue weighted by atomic mass is 10.1. The van der Waals surface area contributed by atoms with Crippen molar-refractivity contribution >= 4 is 11.3 Å². The summed E-state index contributed by atoms with van der Waals surface area (Å²) in [6.45, 7) is 0.0672. The summed E-state index contributed by atoms with van der Waals surface area (Å²) in [4.78, 5) is 12.5. The van der Waals surface area contributed by atoms with Gasteiger partial charge in [-0.05, 0) is 17.0 Å². The van der Waals surface area contributed by atoms with E-state index in [9.17, 15) is 9.90 Å². The molecule has 0 bridgehead atoms. The van der Waals surface area contributed by atoms with Crippen LogP contribution in [-0.4, -0.2) is 14.9 Å². The van der Waals surface area contributed by atoms with Crippen LogP contribution in [0.5, 0.6) is 0 Å². The second-order valence-electron chi connectivity index (χ2n) is 4.26. The highest BCUT2D eigenvalue weighted by atomic mass is 32.1. The Labute approximate surface area is 118 Å². The van der Waals surface area contributed by atoms with E-state index in [2.05, 4.69) is 5.10 Å². The van der Waals surface area contributed by atoms with Gasteiger partial charge in [0, 0.05) is 0 Å². The van der Waals surface area contributed by atoms with E-state index >= 15 is 0 Å². The minimum atomic E-state index is -0.796. The molecule has 1 N–H and O–H groups in total. The van der Waals surface area contributed by atoms with Crippen molar-refractivity contribution in [1.29, 1.82) is 0 Å². The maximum absolute atomic E-state index is 11.7. The predicted molar refractivity (Wildman–Crippen MR) is 75.5 cm³/mol. The smallest absolute Gasteiger partial charge is 0.387 e. The number of aromatic nitrogens is 2. The van der Waals surface area contributed by atoms with E-state index in [-0.39, 0.29) is 12.4 Å². The third kappa shape index (κ3) is 2.56. The Hall–Kier alpha value is -2.18. The zero-order chi connectivity index (χ0) is 13.9. The Morgan fingerprint density at radius 1 is 1.25 bits per heavy atom. The molecule has 0 amide bonds. The molecule has 2 aromatic heterocycles. The van der Waals surface area contributed by atoms with Crippen LogP contribution in [0, 0.1) is 0 Å². The van der Waals surface area contributed by atoms with E-state index in [4.69, 9.17) is 4.42 Å². The highest BCUT2D eigenvalue weighted by Crippen LogP contribution is 2.21. The maximum atomic E-state index is 11.7. The number of aliphatic hydroxyl groups is 1. The van der Waals surface area contributed by atoms with Crippen LogP contribution in [-0.2, 0) is 6.54 Å². The SMILES string of the molecule is O=c1oc(-c2cccs2)nn1C[C@H](O)c1ccccc1. The number of rotatable bonds is 4. The first-order valence-corrected chi connectivity index (χ1v) is 6.97. The fraction of sp³-hybridized carbons (Fsp3) is 0.143. The van der Waals surface area contributed by atoms with Crippen LogP contribution in [0.1, 0.15) is 11.7 Å². The van der Waals surface area contributed by atoms with Gasteiger partial charge in [-0.3, -0.25) is 0 Å². The first kappa shape index (κ1) is 12.8. The number of aliphatic hydroxyl groups excluding tert-OH is 1. The van der Waals surface area contributed by atoms with Crippen molar-refractivity contribution in [2.24, 2.45) is 0 Å². The van der Waals surface area contributed by atoms with Gasteiger partial charge in [-0.15, -0.1) is 16.4 Å². The minimum Gasteiger partial charge on any atom is -0.387 e. The van der Waals surface area contributed by atoms with Crippen LogP contribution in [0.2, 0.25) is 0 Å². The first-order chi connectivity index (χ1) is 9.74. The van der Waals surface area contributed by atoms with Gasteiger partial charge in [0.2, 0.25) is 0 Å². The van der Waals surface area contributed by atoms with Crippen molar-refractivity contribution in [3.05, 3.63) is 64.0 Å². The van der Waals surface area contributed by atoms with Crippen LogP contribution in [0.4, 0.5) is 0 Å². The molecule has 3 aromatic rings. The topological polar surface area (TPSA) is 68.3 Å². The van der Waals surface area contributed by atoms with Gasteiger partial charge < -0.3 is 9.52 Å². The molecule has 5 nitrogen and oxygen atoms in total. The molecule has 102 valence electrons. The molecular formula is C14H12N2O3S. The molecule has 0 unspecified atom stereocenters. The fourth-order valence-corrected chi connectivity index (χ4v) is 2.51.